The molecular formula is C24H18ClN3O6. The topological polar surface area (TPSA) is 118 Å². The van der Waals surface area contributed by atoms with Crippen LogP contribution in [0, 0.1) is 0 Å². The number of carbonyl (C=O) groups excluding carboxylic acids is 4. The molecule has 0 aliphatic carbocycles. The third-order valence-electron chi connectivity index (χ3n) is 4.97. The maximum atomic E-state index is 13.0. The number of nitrogens with one attached hydrogen (secondary N) is 2. The number of benzene rings is 2. The highest BCUT2D eigenvalue weighted by atomic mass is 35.5. The number of furan rings is 1. The van der Waals surface area contributed by atoms with E-state index in [4.69, 9.17) is 16.0 Å². The molecule has 0 atom stereocenters. The molecule has 1 aliphatic heterocycles. The number of amides is 3. The number of nitrogens with zero attached hydrogens (tertiary/aromatic N) is 1. The fraction of sp³-hybridized carbons (Fsp3) is 0.0833. The Morgan fingerprint density at radius 1 is 1.00 bits per heavy atom. The number of hydrogen-bond donors (Lipinski definition) is 2. The summed E-state index contributed by atoms with van der Waals surface area (Å²) >= 11 is 6.17. The van der Waals surface area contributed by atoms with E-state index in [0.717, 1.165) is 4.90 Å². The van der Waals surface area contributed by atoms with Crippen LogP contribution in [0.3, 0.4) is 0 Å². The molecule has 4 rings (SSSR count). The van der Waals surface area contributed by atoms with Crippen molar-refractivity contribution in [3.05, 3.63) is 94.5 Å². The summed E-state index contributed by atoms with van der Waals surface area (Å²) in [6, 6.07) is 15.6. The molecule has 0 spiro atoms. The number of ether oxygens (including phenoxy) is 1. The molecule has 3 amide bonds. The van der Waals surface area contributed by atoms with Gasteiger partial charge in [-0.15, -0.1) is 0 Å². The largest absolute Gasteiger partial charge is 0.467 e. The maximum Gasteiger partial charge on any atom is 0.337 e. The number of methoxy groups -OCH3 is 1. The van der Waals surface area contributed by atoms with Crippen LogP contribution >= 0.6 is 11.6 Å². The smallest absolute Gasteiger partial charge is 0.337 e. The van der Waals surface area contributed by atoms with Crippen LogP contribution < -0.4 is 15.5 Å². The van der Waals surface area contributed by atoms with Crippen LogP contribution in [0.1, 0.15) is 26.5 Å². The van der Waals surface area contributed by atoms with Gasteiger partial charge in [-0.1, -0.05) is 17.7 Å². The second-order valence-corrected chi connectivity index (χ2v) is 7.52. The lowest BCUT2D eigenvalue weighted by atomic mass is 10.2. The standard InChI is InChI=1S/C24H18ClN3O6/c1-33-24(32)14-7-9-17(10-8-14)28-22(30)19(25)20(23(28)31)27-16-5-2-4-15(12-16)21(29)26-13-18-6-3-11-34-18/h2-12,27H,13H2,1H3,(H,26,29). The molecule has 0 fully saturated rings. The number of rotatable bonds is 7. The predicted molar refractivity (Wildman–Crippen MR) is 123 cm³/mol. The molecular weight excluding hydrogens is 462 g/mol. The van der Waals surface area contributed by atoms with Crippen molar-refractivity contribution in [1.29, 1.82) is 0 Å². The molecule has 2 heterocycles. The van der Waals surface area contributed by atoms with E-state index < -0.39 is 17.8 Å². The van der Waals surface area contributed by atoms with Crippen LogP contribution in [0.5, 0.6) is 0 Å². The van der Waals surface area contributed by atoms with E-state index in [1.165, 1.54) is 43.7 Å². The highest BCUT2D eigenvalue weighted by Gasteiger charge is 2.39. The summed E-state index contributed by atoms with van der Waals surface area (Å²) in [5.74, 6) is -1.67. The molecule has 3 aromatic rings. The highest BCUT2D eigenvalue weighted by Crippen LogP contribution is 2.30. The zero-order valence-electron chi connectivity index (χ0n) is 17.8. The summed E-state index contributed by atoms with van der Waals surface area (Å²) in [6.45, 7) is 0.219. The molecule has 0 unspecified atom stereocenters. The minimum absolute atomic E-state index is 0.128. The number of hydrogen-bond acceptors (Lipinski definition) is 7. The number of imide groups is 1. The van der Waals surface area contributed by atoms with Crippen LogP contribution in [0.2, 0.25) is 0 Å². The fourth-order valence-corrected chi connectivity index (χ4v) is 3.49. The van der Waals surface area contributed by atoms with Crippen LogP contribution in [-0.4, -0.2) is 30.8 Å². The first-order chi connectivity index (χ1) is 16.4. The lowest BCUT2D eigenvalue weighted by Crippen LogP contribution is -2.32. The van der Waals surface area contributed by atoms with Gasteiger partial charge in [0.2, 0.25) is 0 Å². The number of esters is 1. The van der Waals surface area contributed by atoms with Crippen molar-refractivity contribution < 1.29 is 28.3 Å². The van der Waals surface area contributed by atoms with Gasteiger partial charge in [0.15, 0.2) is 0 Å². The number of anilines is 2. The minimum Gasteiger partial charge on any atom is -0.467 e. The van der Waals surface area contributed by atoms with Crippen molar-refractivity contribution in [3.63, 3.8) is 0 Å². The lowest BCUT2D eigenvalue weighted by molar-refractivity contribution is -0.120. The summed E-state index contributed by atoms with van der Waals surface area (Å²) in [6.07, 6.45) is 1.51. The van der Waals surface area contributed by atoms with Crippen molar-refractivity contribution in [2.75, 3.05) is 17.3 Å². The normalized spacial score (nSPS) is 13.3. The van der Waals surface area contributed by atoms with E-state index in [1.807, 2.05) is 0 Å². The second kappa shape index (κ2) is 9.63. The van der Waals surface area contributed by atoms with Crippen LogP contribution in [0.4, 0.5) is 11.4 Å². The van der Waals surface area contributed by atoms with Gasteiger partial charge in [0.1, 0.15) is 16.5 Å². The summed E-state index contributed by atoms with van der Waals surface area (Å²) in [5.41, 5.74) is 1.11. The second-order valence-electron chi connectivity index (χ2n) is 7.14. The Morgan fingerprint density at radius 3 is 2.44 bits per heavy atom. The summed E-state index contributed by atoms with van der Waals surface area (Å²) in [4.78, 5) is 50.6. The molecule has 172 valence electrons. The van der Waals surface area contributed by atoms with Crippen LogP contribution in [0.25, 0.3) is 0 Å². The van der Waals surface area contributed by atoms with E-state index >= 15 is 0 Å². The fourth-order valence-electron chi connectivity index (χ4n) is 3.28. The first-order valence-corrected chi connectivity index (χ1v) is 10.4. The van der Waals surface area contributed by atoms with Crippen molar-refractivity contribution in [3.8, 4) is 0 Å². The third kappa shape index (κ3) is 4.55. The number of halogens is 1. The van der Waals surface area contributed by atoms with Gasteiger partial charge in [-0.3, -0.25) is 14.4 Å². The molecule has 0 bridgehead atoms. The van der Waals surface area contributed by atoms with Gasteiger partial charge >= 0.3 is 5.97 Å². The molecule has 0 saturated carbocycles. The monoisotopic (exact) mass is 479 g/mol. The summed E-state index contributed by atoms with van der Waals surface area (Å²) in [7, 11) is 1.25. The molecule has 34 heavy (non-hydrogen) atoms. The Hall–Kier alpha value is -4.37. The van der Waals surface area contributed by atoms with Gasteiger partial charge in [-0.2, -0.15) is 0 Å². The molecule has 2 aromatic carbocycles. The van der Waals surface area contributed by atoms with Gasteiger partial charge in [0, 0.05) is 11.3 Å². The van der Waals surface area contributed by atoms with Crippen LogP contribution in [-0.2, 0) is 20.9 Å². The van der Waals surface area contributed by atoms with Crippen molar-refractivity contribution >= 4 is 46.7 Å². The van der Waals surface area contributed by atoms with E-state index in [-0.39, 0.29) is 34.4 Å². The first kappa shape index (κ1) is 22.8. The predicted octanol–water partition coefficient (Wildman–Crippen LogP) is 3.43. The van der Waals surface area contributed by atoms with E-state index in [1.54, 1.807) is 30.3 Å². The number of carbonyl (C=O) groups is 4. The summed E-state index contributed by atoms with van der Waals surface area (Å²) < 4.78 is 9.84. The lowest BCUT2D eigenvalue weighted by Gasteiger charge is -2.15. The van der Waals surface area contributed by atoms with E-state index in [0.29, 0.717) is 17.0 Å². The molecule has 1 aromatic heterocycles. The Morgan fingerprint density at radius 2 is 1.76 bits per heavy atom. The van der Waals surface area contributed by atoms with Crippen LogP contribution in [0.15, 0.2) is 82.1 Å². The first-order valence-electron chi connectivity index (χ1n) is 10.0. The third-order valence-corrected chi connectivity index (χ3v) is 5.32. The van der Waals surface area contributed by atoms with E-state index in [9.17, 15) is 19.2 Å². The van der Waals surface area contributed by atoms with Gasteiger partial charge in [0.25, 0.3) is 17.7 Å². The Kier molecular flexibility index (Phi) is 6.46. The zero-order chi connectivity index (χ0) is 24.2. The Bertz CT molecular complexity index is 1300. The van der Waals surface area contributed by atoms with Gasteiger partial charge in [-0.05, 0) is 54.6 Å². The molecule has 10 heteroatoms. The minimum atomic E-state index is -0.715. The zero-order valence-corrected chi connectivity index (χ0v) is 18.6. The average molecular weight is 480 g/mol. The molecule has 0 saturated heterocycles. The van der Waals surface area contributed by atoms with Gasteiger partial charge in [-0.25, -0.2) is 9.69 Å². The summed E-state index contributed by atoms with van der Waals surface area (Å²) in [5, 5.41) is 5.27. The van der Waals surface area contributed by atoms with E-state index in [2.05, 4.69) is 15.4 Å². The van der Waals surface area contributed by atoms with Crippen molar-refractivity contribution in [2.24, 2.45) is 0 Å². The Labute approximate surface area is 198 Å². The highest BCUT2D eigenvalue weighted by molar-refractivity contribution is 6.53. The van der Waals surface area contributed by atoms with Crippen molar-refractivity contribution in [2.45, 2.75) is 6.54 Å². The average Bonchev–Trinajstić information content (AvgIpc) is 3.45. The van der Waals surface area contributed by atoms with Crippen molar-refractivity contribution in [1.82, 2.24) is 5.32 Å². The van der Waals surface area contributed by atoms with Gasteiger partial charge < -0.3 is 19.8 Å². The molecule has 0 radical (unpaired) electrons. The Balaban J connectivity index is 1.49. The SMILES string of the molecule is COC(=O)c1ccc(N2C(=O)C(Cl)=C(Nc3cccc(C(=O)NCc4ccco4)c3)C2=O)cc1. The maximum absolute atomic E-state index is 13.0. The quantitative estimate of drug-likeness (QED) is 0.393. The molecule has 2 N–H and O–H groups in total. The van der Waals surface area contributed by atoms with Gasteiger partial charge in [0.05, 0.1) is 31.2 Å². The molecule has 9 nitrogen and oxygen atoms in total. The molecule has 1 aliphatic rings.